The number of rotatable bonds is 6. The number of benzene rings is 1. The highest BCUT2D eigenvalue weighted by atomic mass is 32.1. The van der Waals surface area contributed by atoms with Crippen molar-refractivity contribution in [3.63, 3.8) is 0 Å². The van der Waals surface area contributed by atoms with Gasteiger partial charge in [0.25, 0.3) is 5.56 Å². The molecule has 9 nitrogen and oxygen atoms in total. The molecule has 0 aliphatic rings. The van der Waals surface area contributed by atoms with E-state index in [0.29, 0.717) is 33.3 Å². The average Bonchev–Trinajstić information content (AvgIpc) is 3.36. The highest BCUT2D eigenvalue weighted by Gasteiger charge is 2.16. The van der Waals surface area contributed by atoms with Crippen LogP contribution in [0.5, 0.6) is 11.5 Å². The normalized spacial score (nSPS) is 10.9. The second kappa shape index (κ2) is 7.99. The molecule has 154 valence electrons. The third-order valence-corrected chi connectivity index (χ3v) is 5.35. The summed E-state index contributed by atoms with van der Waals surface area (Å²) in [6, 6.07) is 7.02. The van der Waals surface area contributed by atoms with Gasteiger partial charge in [0.2, 0.25) is 5.91 Å². The molecule has 1 amide bonds. The first kappa shape index (κ1) is 19.6. The molecule has 0 unspecified atom stereocenters. The number of anilines is 1. The Balaban J connectivity index is 1.69. The van der Waals surface area contributed by atoms with E-state index in [9.17, 15) is 9.59 Å². The van der Waals surface area contributed by atoms with Gasteiger partial charge < -0.3 is 19.3 Å². The number of aryl methyl sites for hydroxylation is 1. The van der Waals surface area contributed by atoms with Crippen LogP contribution in [-0.4, -0.2) is 34.8 Å². The standard InChI is InChI=1S/C20H18N4O5S/c1-11-6-16(23-29-11)22-17(25)8-24-10-21-19-18(20(24)26)13(9-30-19)12-4-5-14(27-2)15(7-12)28-3/h4-7,9-10H,8H2,1-3H3,(H,22,23,25). The van der Waals surface area contributed by atoms with Gasteiger partial charge in [-0.15, -0.1) is 11.3 Å². The summed E-state index contributed by atoms with van der Waals surface area (Å²) < 4.78 is 16.8. The van der Waals surface area contributed by atoms with Crippen molar-refractivity contribution in [2.75, 3.05) is 19.5 Å². The lowest BCUT2D eigenvalue weighted by Gasteiger charge is -2.09. The topological polar surface area (TPSA) is 108 Å². The molecule has 0 saturated heterocycles. The molecule has 0 aliphatic heterocycles. The van der Waals surface area contributed by atoms with Crippen molar-refractivity contribution in [3.8, 4) is 22.6 Å². The van der Waals surface area contributed by atoms with E-state index in [4.69, 9.17) is 14.0 Å². The average molecular weight is 426 g/mol. The van der Waals surface area contributed by atoms with Gasteiger partial charge in [0.15, 0.2) is 17.3 Å². The summed E-state index contributed by atoms with van der Waals surface area (Å²) in [7, 11) is 3.11. The van der Waals surface area contributed by atoms with Crippen LogP contribution in [-0.2, 0) is 11.3 Å². The molecule has 0 atom stereocenters. The molecule has 4 rings (SSSR count). The zero-order valence-corrected chi connectivity index (χ0v) is 17.3. The molecular weight excluding hydrogens is 408 g/mol. The lowest BCUT2D eigenvalue weighted by atomic mass is 10.1. The second-order valence-electron chi connectivity index (χ2n) is 6.45. The maximum atomic E-state index is 13.1. The van der Waals surface area contributed by atoms with Gasteiger partial charge in [0, 0.05) is 17.0 Å². The van der Waals surface area contributed by atoms with E-state index in [0.717, 1.165) is 11.1 Å². The highest BCUT2D eigenvalue weighted by molar-refractivity contribution is 7.17. The van der Waals surface area contributed by atoms with Crippen molar-refractivity contribution in [1.29, 1.82) is 0 Å². The number of nitrogens with zero attached hydrogens (tertiary/aromatic N) is 3. The molecule has 0 spiro atoms. The Labute approximate surface area is 174 Å². The zero-order valence-electron chi connectivity index (χ0n) is 16.5. The number of ether oxygens (including phenoxy) is 2. The van der Waals surface area contributed by atoms with Gasteiger partial charge in [-0.1, -0.05) is 11.2 Å². The number of carbonyl (C=O) groups excluding carboxylic acids is 1. The lowest BCUT2D eigenvalue weighted by Crippen LogP contribution is -2.27. The molecule has 30 heavy (non-hydrogen) atoms. The Morgan fingerprint density at radius 2 is 2.03 bits per heavy atom. The number of hydrogen-bond donors (Lipinski definition) is 1. The van der Waals surface area contributed by atoms with Crippen molar-refractivity contribution in [2.45, 2.75) is 13.5 Å². The first-order chi connectivity index (χ1) is 14.5. The van der Waals surface area contributed by atoms with E-state index < -0.39 is 5.91 Å². The minimum Gasteiger partial charge on any atom is -0.493 e. The monoisotopic (exact) mass is 426 g/mol. The molecule has 0 saturated carbocycles. The Hall–Kier alpha value is -3.66. The number of methoxy groups -OCH3 is 2. The number of fused-ring (bicyclic) bond motifs is 1. The fourth-order valence-corrected chi connectivity index (χ4v) is 3.97. The zero-order chi connectivity index (χ0) is 21.3. The third kappa shape index (κ3) is 3.64. The number of carbonyl (C=O) groups is 1. The van der Waals surface area contributed by atoms with Gasteiger partial charge in [-0.05, 0) is 24.6 Å². The molecule has 3 heterocycles. The minimum absolute atomic E-state index is 0.200. The van der Waals surface area contributed by atoms with E-state index in [1.165, 1.54) is 22.2 Å². The first-order valence-corrected chi connectivity index (χ1v) is 9.80. The van der Waals surface area contributed by atoms with E-state index in [1.54, 1.807) is 39.3 Å². The molecule has 4 aromatic rings. The number of amides is 1. The van der Waals surface area contributed by atoms with Crippen LogP contribution >= 0.6 is 11.3 Å². The first-order valence-electron chi connectivity index (χ1n) is 8.92. The summed E-state index contributed by atoms with van der Waals surface area (Å²) in [6.07, 6.45) is 1.37. The maximum Gasteiger partial charge on any atom is 0.263 e. The van der Waals surface area contributed by atoms with Crippen molar-refractivity contribution in [2.24, 2.45) is 0 Å². The van der Waals surface area contributed by atoms with Gasteiger partial charge in [-0.25, -0.2) is 4.98 Å². The van der Waals surface area contributed by atoms with E-state index in [1.807, 2.05) is 11.4 Å². The predicted molar refractivity (Wildman–Crippen MR) is 112 cm³/mol. The fourth-order valence-electron chi connectivity index (χ4n) is 3.06. The van der Waals surface area contributed by atoms with Crippen molar-refractivity contribution in [1.82, 2.24) is 14.7 Å². The van der Waals surface area contributed by atoms with E-state index in [-0.39, 0.29) is 12.1 Å². The lowest BCUT2D eigenvalue weighted by molar-refractivity contribution is -0.116. The molecule has 0 bridgehead atoms. The second-order valence-corrected chi connectivity index (χ2v) is 7.31. The predicted octanol–water partition coefficient (Wildman–Crippen LogP) is 3.08. The third-order valence-electron chi connectivity index (χ3n) is 4.46. The Bertz CT molecular complexity index is 1290. The van der Waals surface area contributed by atoms with Gasteiger partial charge in [-0.3, -0.25) is 14.2 Å². The molecule has 1 aromatic carbocycles. The van der Waals surface area contributed by atoms with Crippen LogP contribution in [0.15, 0.2) is 45.3 Å². The van der Waals surface area contributed by atoms with Crippen LogP contribution in [0.25, 0.3) is 21.3 Å². The van der Waals surface area contributed by atoms with Crippen LogP contribution in [0, 0.1) is 6.92 Å². The summed E-state index contributed by atoms with van der Waals surface area (Å²) >= 11 is 1.36. The summed E-state index contributed by atoms with van der Waals surface area (Å²) in [6.45, 7) is 1.52. The molecular formula is C20H18N4O5S. The van der Waals surface area contributed by atoms with Crippen LogP contribution in [0.4, 0.5) is 5.82 Å². The summed E-state index contributed by atoms with van der Waals surface area (Å²) in [5, 5.41) is 8.62. The Morgan fingerprint density at radius 1 is 1.23 bits per heavy atom. The Morgan fingerprint density at radius 3 is 2.73 bits per heavy atom. The molecule has 0 fully saturated rings. The SMILES string of the molecule is COc1ccc(-c2csc3ncn(CC(=O)Nc4cc(C)on4)c(=O)c23)cc1OC. The summed E-state index contributed by atoms with van der Waals surface area (Å²) in [5.41, 5.74) is 1.20. The summed E-state index contributed by atoms with van der Waals surface area (Å²) in [4.78, 5) is 30.4. The van der Waals surface area contributed by atoms with Crippen LogP contribution in [0.1, 0.15) is 5.76 Å². The molecule has 3 aromatic heterocycles. The fraction of sp³-hybridized carbons (Fsp3) is 0.200. The van der Waals surface area contributed by atoms with E-state index in [2.05, 4.69) is 15.5 Å². The van der Waals surface area contributed by atoms with E-state index >= 15 is 0 Å². The number of aromatic nitrogens is 3. The minimum atomic E-state index is -0.408. The van der Waals surface area contributed by atoms with Gasteiger partial charge in [-0.2, -0.15) is 0 Å². The highest BCUT2D eigenvalue weighted by Crippen LogP contribution is 2.36. The van der Waals surface area contributed by atoms with Gasteiger partial charge in [0.1, 0.15) is 17.1 Å². The molecule has 0 aliphatic carbocycles. The molecule has 1 N–H and O–H groups in total. The summed E-state index contributed by atoms with van der Waals surface area (Å²) in [5.74, 6) is 1.61. The molecule has 0 radical (unpaired) electrons. The van der Waals surface area contributed by atoms with Crippen LogP contribution in [0.3, 0.4) is 0 Å². The van der Waals surface area contributed by atoms with Gasteiger partial charge >= 0.3 is 0 Å². The number of thiophene rings is 1. The maximum absolute atomic E-state index is 13.1. The largest absolute Gasteiger partial charge is 0.493 e. The van der Waals surface area contributed by atoms with Crippen LogP contribution < -0.4 is 20.3 Å². The van der Waals surface area contributed by atoms with Gasteiger partial charge in [0.05, 0.1) is 25.9 Å². The Kier molecular flexibility index (Phi) is 5.23. The van der Waals surface area contributed by atoms with Crippen molar-refractivity contribution in [3.05, 3.63) is 52.1 Å². The number of nitrogens with one attached hydrogen (secondary N) is 1. The van der Waals surface area contributed by atoms with Crippen molar-refractivity contribution < 1.29 is 18.8 Å². The van der Waals surface area contributed by atoms with Crippen molar-refractivity contribution >= 4 is 33.3 Å². The number of hydrogen-bond acceptors (Lipinski definition) is 8. The molecule has 10 heteroatoms. The smallest absolute Gasteiger partial charge is 0.263 e. The van der Waals surface area contributed by atoms with Crippen LogP contribution in [0.2, 0.25) is 0 Å². The quantitative estimate of drug-likeness (QED) is 0.505.